The van der Waals surface area contributed by atoms with Gasteiger partial charge in [0.2, 0.25) is 0 Å². The lowest BCUT2D eigenvalue weighted by molar-refractivity contribution is -0.142. The molecule has 0 aliphatic carbocycles. The van der Waals surface area contributed by atoms with Gasteiger partial charge >= 0.3 is 5.97 Å². The van der Waals surface area contributed by atoms with Crippen molar-refractivity contribution in [3.8, 4) is 0 Å². The minimum Gasteiger partial charge on any atom is -0.500 e. The van der Waals surface area contributed by atoms with Gasteiger partial charge in [0.1, 0.15) is 11.8 Å². The number of esters is 1. The summed E-state index contributed by atoms with van der Waals surface area (Å²) < 4.78 is 10.0. The Hall–Kier alpha value is -3.87. The molecular formula is C25H28N2O5. The van der Waals surface area contributed by atoms with E-state index in [1.807, 2.05) is 6.07 Å². The van der Waals surface area contributed by atoms with Crippen LogP contribution in [0.1, 0.15) is 33.6 Å². The van der Waals surface area contributed by atoms with Crippen molar-refractivity contribution in [2.45, 2.75) is 24.9 Å². The van der Waals surface area contributed by atoms with Crippen LogP contribution in [0.5, 0.6) is 0 Å². The fourth-order valence-corrected chi connectivity index (χ4v) is 2.90. The molecule has 0 radical (unpaired) electrons. The first-order chi connectivity index (χ1) is 15.5. The Morgan fingerprint density at radius 3 is 1.66 bits per heavy atom. The number of ether oxygens (including phenoxy) is 2. The molecule has 2 amide bonds. The molecule has 0 saturated heterocycles. The van der Waals surface area contributed by atoms with Gasteiger partial charge in [0, 0.05) is 11.1 Å². The zero-order valence-electron chi connectivity index (χ0n) is 18.2. The highest BCUT2D eigenvalue weighted by atomic mass is 16.5. The van der Waals surface area contributed by atoms with E-state index in [0.29, 0.717) is 23.3 Å². The highest BCUT2D eigenvalue weighted by Gasteiger charge is 2.21. The zero-order chi connectivity index (χ0) is 23.3. The van der Waals surface area contributed by atoms with Crippen LogP contribution in [0.15, 0.2) is 85.2 Å². The van der Waals surface area contributed by atoms with Crippen LogP contribution in [0.4, 0.5) is 0 Å². The molecule has 0 bridgehead atoms. The molecule has 0 fully saturated rings. The first-order valence-corrected chi connectivity index (χ1v) is 10.1. The number of methoxy groups -OCH3 is 2. The van der Waals surface area contributed by atoms with Crippen molar-refractivity contribution in [3.63, 3.8) is 0 Å². The summed E-state index contributed by atoms with van der Waals surface area (Å²) in [7, 11) is 2.76. The summed E-state index contributed by atoms with van der Waals surface area (Å²) in [6.45, 7) is 3.85. The van der Waals surface area contributed by atoms with Gasteiger partial charge in [-0.1, -0.05) is 55.1 Å². The number of nitrogens with one attached hydrogen (secondary N) is 2. The molecule has 2 rings (SSSR count). The Bertz CT molecular complexity index is 864. The van der Waals surface area contributed by atoms with Crippen LogP contribution in [0, 0.1) is 0 Å². The normalized spacial score (nSPS) is 12.4. The molecule has 2 aromatic rings. The second kappa shape index (κ2) is 12.7. The van der Waals surface area contributed by atoms with Crippen molar-refractivity contribution >= 4 is 17.8 Å². The Labute approximate surface area is 188 Å². The van der Waals surface area contributed by atoms with Crippen LogP contribution in [0.25, 0.3) is 0 Å². The summed E-state index contributed by atoms with van der Waals surface area (Å²) in [5.74, 6) is -0.755. The average molecular weight is 437 g/mol. The largest absolute Gasteiger partial charge is 0.500 e. The second-order valence-corrected chi connectivity index (χ2v) is 6.92. The maximum atomic E-state index is 12.5. The Balaban J connectivity index is 1.99. The van der Waals surface area contributed by atoms with Gasteiger partial charge in [-0.25, -0.2) is 4.79 Å². The molecule has 168 valence electrons. The summed E-state index contributed by atoms with van der Waals surface area (Å²) >= 11 is 0. The lowest BCUT2D eigenvalue weighted by atomic mass is 10.1. The molecule has 0 saturated carbocycles. The van der Waals surface area contributed by atoms with Gasteiger partial charge in [-0.05, 0) is 37.1 Å². The van der Waals surface area contributed by atoms with E-state index in [1.54, 1.807) is 66.7 Å². The third-order valence-corrected chi connectivity index (χ3v) is 4.73. The van der Waals surface area contributed by atoms with E-state index in [1.165, 1.54) is 14.2 Å². The Morgan fingerprint density at radius 2 is 1.22 bits per heavy atom. The zero-order valence-corrected chi connectivity index (χ0v) is 18.2. The van der Waals surface area contributed by atoms with E-state index in [0.717, 1.165) is 0 Å². The Morgan fingerprint density at radius 1 is 0.781 bits per heavy atom. The van der Waals surface area contributed by atoms with Crippen molar-refractivity contribution in [1.29, 1.82) is 0 Å². The van der Waals surface area contributed by atoms with Gasteiger partial charge in [-0.2, -0.15) is 0 Å². The lowest BCUT2D eigenvalue weighted by Gasteiger charge is -2.19. The van der Waals surface area contributed by atoms with E-state index in [9.17, 15) is 14.4 Å². The minimum absolute atomic E-state index is 0.226. The molecule has 7 nitrogen and oxygen atoms in total. The third-order valence-electron chi connectivity index (χ3n) is 4.73. The van der Waals surface area contributed by atoms with Crippen LogP contribution in [-0.2, 0) is 14.3 Å². The van der Waals surface area contributed by atoms with Gasteiger partial charge in [0.05, 0.1) is 20.3 Å². The fraction of sp³-hybridized carbons (Fsp3) is 0.240. The van der Waals surface area contributed by atoms with E-state index >= 15 is 0 Å². The van der Waals surface area contributed by atoms with Crippen LogP contribution in [0.2, 0.25) is 0 Å². The summed E-state index contributed by atoms with van der Waals surface area (Å²) in [5, 5.41) is 5.57. The fourth-order valence-electron chi connectivity index (χ4n) is 2.90. The predicted molar refractivity (Wildman–Crippen MR) is 122 cm³/mol. The van der Waals surface area contributed by atoms with Crippen LogP contribution in [-0.4, -0.2) is 44.1 Å². The van der Waals surface area contributed by atoms with Crippen LogP contribution in [0.3, 0.4) is 0 Å². The first kappa shape index (κ1) is 24.4. The summed E-state index contributed by atoms with van der Waals surface area (Å²) in [6.07, 6.45) is 4.16. The number of amides is 2. The third kappa shape index (κ3) is 7.43. The molecule has 0 aliphatic heterocycles. The molecule has 0 aliphatic rings. The van der Waals surface area contributed by atoms with Gasteiger partial charge in [0.15, 0.2) is 0 Å². The first-order valence-electron chi connectivity index (χ1n) is 10.1. The van der Waals surface area contributed by atoms with Gasteiger partial charge in [-0.3, -0.25) is 9.59 Å². The topological polar surface area (TPSA) is 93.7 Å². The number of rotatable bonds is 11. The summed E-state index contributed by atoms with van der Waals surface area (Å²) in [6, 6.07) is 16.2. The van der Waals surface area contributed by atoms with Crippen molar-refractivity contribution in [3.05, 3.63) is 96.3 Å². The molecule has 0 spiro atoms. The van der Waals surface area contributed by atoms with E-state index < -0.39 is 18.1 Å². The van der Waals surface area contributed by atoms with Crippen molar-refractivity contribution in [2.24, 2.45) is 0 Å². The standard InChI is InChI=1S/C25H28N2O5/c1-18(31-2)21(26-23(28)19-12-6-4-7-13-19)16-10-11-17-22(25(30)32-3)27-24(29)20-14-8-5-9-15-20/h4-15,21-22H,1,16-17H2,2-3H3,(H,26,28)(H,27,29). The van der Waals surface area contributed by atoms with E-state index in [2.05, 4.69) is 17.2 Å². The Kier molecular flexibility index (Phi) is 9.71. The number of hydrogen-bond acceptors (Lipinski definition) is 5. The SMILES string of the molecule is C=C(OC)C(CC=CCC(NC(=O)c1ccccc1)C(=O)OC)NC(=O)c1ccccc1. The molecule has 2 unspecified atom stereocenters. The van der Waals surface area contributed by atoms with Gasteiger partial charge < -0.3 is 20.1 Å². The smallest absolute Gasteiger partial charge is 0.328 e. The number of carbonyl (C=O) groups is 3. The highest BCUT2D eigenvalue weighted by Crippen LogP contribution is 2.10. The van der Waals surface area contributed by atoms with Gasteiger partial charge in [-0.15, -0.1) is 0 Å². The van der Waals surface area contributed by atoms with E-state index in [-0.39, 0.29) is 18.2 Å². The molecule has 2 atom stereocenters. The van der Waals surface area contributed by atoms with E-state index in [4.69, 9.17) is 9.47 Å². The van der Waals surface area contributed by atoms with Crippen molar-refractivity contribution in [2.75, 3.05) is 14.2 Å². The molecule has 7 heteroatoms. The molecule has 2 aromatic carbocycles. The van der Waals surface area contributed by atoms with Gasteiger partial charge in [0.25, 0.3) is 11.8 Å². The van der Waals surface area contributed by atoms with Crippen LogP contribution >= 0.6 is 0 Å². The monoisotopic (exact) mass is 436 g/mol. The molecule has 0 aromatic heterocycles. The van der Waals surface area contributed by atoms with Crippen molar-refractivity contribution < 1.29 is 23.9 Å². The average Bonchev–Trinajstić information content (AvgIpc) is 2.84. The lowest BCUT2D eigenvalue weighted by Crippen LogP contribution is -2.41. The number of carbonyl (C=O) groups excluding carboxylic acids is 3. The summed E-state index contributed by atoms with van der Waals surface area (Å²) in [5.41, 5.74) is 0.977. The second-order valence-electron chi connectivity index (χ2n) is 6.92. The minimum atomic E-state index is -0.841. The molecular weight excluding hydrogens is 408 g/mol. The predicted octanol–water partition coefficient (Wildman–Crippen LogP) is 3.25. The highest BCUT2D eigenvalue weighted by molar-refractivity contribution is 5.96. The maximum Gasteiger partial charge on any atom is 0.328 e. The maximum absolute atomic E-state index is 12.5. The number of benzene rings is 2. The van der Waals surface area contributed by atoms with Crippen molar-refractivity contribution in [1.82, 2.24) is 10.6 Å². The molecule has 32 heavy (non-hydrogen) atoms. The molecule has 2 N–H and O–H groups in total. The molecule has 0 heterocycles. The summed E-state index contributed by atoms with van der Waals surface area (Å²) in [4.78, 5) is 36.9. The quantitative estimate of drug-likeness (QED) is 0.320. The number of hydrogen-bond donors (Lipinski definition) is 2. The van der Waals surface area contributed by atoms with Crippen LogP contribution < -0.4 is 10.6 Å².